The van der Waals surface area contributed by atoms with Gasteiger partial charge in [-0.15, -0.1) is 0 Å². The second-order valence-corrected chi connectivity index (χ2v) is 4.43. The summed E-state index contributed by atoms with van der Waals surface area (Å²) in [6.07, 6.45) is 2.22. The van der Waals surface area contributed by atoms with Gasteiger partial charge in [-0.3, -0.25) is 0 Å². The molecule has 6 heteroatoms. The van der Waals surface area contributed by atoms with E-state index in [2.05, 4.69) is 20.6 Å². The van der Waals surface area contributed by atoms with Crippen LogP contribution in [0.25, 0.3) is 0 Å². The number of nitrogens with one attached hydrogen (secondary N) is 2. The van der Waals surface area contributed by atoms with E-state index in [9.17, 15) is 8.78 Å². The number of anilines is 2. The predicted octanol–water partition coefficient (Wildman–Crippen LogP) is 2.76. The van der Waals surface area contributed by atoms with E-state index in [0.29, 0.717) is 30.3 Å². The fraction of sp³-hybridized carbons (Fsp3) is 0.286. The van der Waals surface area contributed by atoms with Crippen molar-refractivity contribution in [1.82, 2.24) is 9.97 Å². The van der Waals surface area contributed by atoms with Gasteiger partial charge < -0.3 is 10.6 Å². The standard InChI is InChI=1S/C14H16F2N4/c1-9-8-19-14(17-2)20-13(9)18-4-3-10-5-11(15)7-12(16)6-10/h5-8H,3-4H2,1-2H3,(H2,17,18,19,20). The van der Waals surface area contributed by atoms with E-state index in [4.69, 9.17) is 0 Å². The van der Waals surface area contributed by atoms with Gasteiger partial charge in [-0.05, 0) is 31.0 Å². The van der Waals surface area contributed by atoms with Gasteiger partial charge in [0, 0.05) is 31.4 Å². The predicted molar refractivity (Wildman–Crippen MR) is 74.9 cm³/mol. The Balaban J connectivity index is 1.99. The minimum atomic E-state index is -0.560. The smallest absolute Gasteiger partial charge is 0.224 e. The van der Waals surface area contributed by atoms with Gasteiger partial charge in [0.25, 0.3) is 0 Å². The van der Waals surface area contributed by atoms with Gasteiger partial charge in [0.05, 0.1) is 0 Å². The summed E-state index contributed by atoms with van der Waals surface area (Å²) in [4.78, 5) is 8.36. The van der Waals surface area contributed by atoms with E-state index in [1.807, 2.05) is 6.92 Å². The molecule has 0 radical (unpaired) electrons. The second-order valence-electron chi connectivity index (χ2n) is 4.43. The molecule has 1 aromatic carbocycles. The number of aryl methyl sites for hydroxylation is 1. The Morgan fingerprint density at radius 1 is 1.15 bits per heavy atom. The van der Waals surface area contributed by atoms with Gasteiger partial charge in [0.2, 0.25) is 5.95 Å². The summed E-state index contributed by atoms with van der Waals surface area (Å²) in [5.41, 5.74) is 1.52. The molecule has 2 rings (SSSR count). The molecule has 1 aromatic heterocycles. The average molecular weight is 278 g/mol. The third kappa shape index (κ3) is 3.63. The molecule has 20 heavy (non-hydrogen) atoms. The number of hydrogen-bond acceptors (Lipinski definition) is 4. The number of rotatable bonds is 5. The lowest BCUT2D eigenvalue weighted by atomic mass is 10.1. The molecular weight excluding hydrogens is 262 g/mol. The first-order valence-corrected chi connectivity index (χ1v) is 6.28. The maximum atomic E-state index is 13.1. The molecule has 2 N–H and O–H groups in total. The summed E-state index contributed by atoms with van der Waals surface area (Å²) < 4.78 is 26.1. The van der Waals surface area contributed by atoms with Gasteiger partial charge in [0.15, 0.2) is 0 Å². The molecule has 0 saturated carbocycles. The molecule has 4 nitrogen and oxygen atoms in total. The first kappa shape index (κ1) is 14.2. The summed E-state index contributed by atoms with van der Waals surface area (Å²) in [6, 6.07) is 3.53. The van der Waals surface area contributed by atoms with Crippen LogP contribution in [0.5, 0.6) is 0 Å². The van der Waals surface area contributed by atoms with Crippen molar-refractivity contribution >= 4 is 11.8 Å². The Labute approximate surface area is 116 Å². The van der Waals surface area contributed by atoms with Crippen molar-refractivity contribution in [3.8, 4) is 0 Å². The number of benzene rings is 1. The second kappa shape index (κ2) is 6.27. The van der Waals surface area contributed by atoms with Crippen molar-refractivity contribution in [1.29, 1.82) is 0 Å². The van der Waals surface area contributed by atoms with Gasteiger partial charge in [-0.1, -0.05) is 0 Å². The molecule has 0 amide bonds. The summed E-state index contributed by atoms with van der Waals surface area (Å²) >= 11 is 0. The minimum absolute atomic E-state index is 0.507. The molecule has 0 atom stereocenters. The van der Waals surface area contributed by atoms with Crippen LogP contribution in [0.2, 0.25) is 0 Å². The van der Waals surface area contributed by atoms with E-state index in [0.717, 1.165) is 11.6 Å². The minimum Gasteiger partial charge on any atom is -0.369 e. The zero-order chi connectivity index (χ0) is 14.5. The van der Waals surface area contributed by atoms with Crippen molar-refractivity contribution in [2.24, 2.45) is 0 Å². The maximum Gasteiger partial charge on any atom is 0.224 e. The quantitative estimate of drug-likeness (QED) is 0.883. The lowest BCUT2D eigenvalue weighted by Gasteiger charge is -2.09. The highest BCUT2D eigenvalue weighted by atomic mass is 19.1. The summed E-state index contributed by atoms with van der Waals surface area (Å²) in [5.74, 6) is 0.113. The van der Waals surface area contributed by atoms with Crippen LogP contribution < -0.4 is 10.6 Å². The Kier molecular flexibility index (Phi) is 4.45. The molecule has 0 spiro atoms. The normalized spacial score (nSPS) is 10.4. The topological polar surface area (TPSA) is 49.8 Å². The van der Waals surface area contributed by atoms with Crippen LogP contribution in [0.3, 0.4) is 0 Å². The van der Waals surface area contributed by atoms with Crippen LogP contribution in [-0.2, 0) is 6.42 Å². The highest BCUT2D eigenvalue weighted by molar-refractivity contribution is 5.46. The van der Waals surface area contributed by atoms with Crippen molar-refractivity contribution in [2.45, 2.75) is 13.3 Å². The van der Waals surface area contributed by atoms with Gasteiger partial charge in [-0.2, -0.15) is 4.98 Å². The molecule has 106 valence electrons. The van der Waals surface area contributed by atoms with E-state index >= 15 is 0 Å². The van der Waals surface area contributed by atoms with Gasteiger partial charge in [-0.25, -0.2) is 13.8 Å². The van der Waals surface area contributed by atoms with E-state index < -0.39 is 11.6 Å². The number of hydrogen-bond donors (Lipinski definition) is 2. The van der Waals surface area contributed by atoms with E-state index in [1.54, 1.807) is 13.2 Å². The molecule has 0 bridgehead atoms. The fourth-order valence-corrected chi connectivity index (χ4v) is 1.82. The van der Waals surface area contributed by atoms with Gasteiger partial charge >= 0.3 is 0 Å². The molecule has 0 aliphatic carbocycles. The highest BCUT2D eigenvalue weighted by Gasteiger charge is 2.04. The van der Waals surface area contributed by atoms with Gasteiger partial charge in [0.1, 0.15) is 17.5 Å². The van der Waals surface area contributed by atoms with Crippen LogP contribution >= 0.6 is 0 Å². The van der Waals surface area contributed by atoms with Crippen LogP contribution in [0.4, 0.5) is 20.5 Å². The first-order valence-electron chi connectivity index (χ1n) is 6.28. The molecule has 0 fully saturated rings. The molecule has 0 saturated heterocycles. The van der Waals surface area contributed by atoms with Crippen LogP contribution in [0, 0.1) is 18.6 Å². The van der Waals surface area contributed by atoms with Crippen molar-refractivity contribution in [3.05, 3.63) is 47.2 Å². The highest BCUT2D eigenvalue weighted by Crippen LogP contribution is 2.13. The number of nitrogens with zero attached hydrogens (tertiary/aromatic N) is 2. The van der Waals surface area contributed by atoms with Crippen LogP contribution in [0.15, 0.2) is 24.4 Å². The zero-order valence-corrected chi connectivity index (χ0v) is 11.4. The maximum absolute atomic E-state index is 13.1. The van der Waals surface area contributed by atoms with Crippen molar-refractivity contribution < 1.29 is 8.78 Å². The number of halogens is 2. The summed E-state index contributed by atoms with van der Waals surface area (Å²) in [5, 5.41) is 6.00. The van der Waals surface area contributed by atoms with Crippen LogP contribution in [-0.4, -0.2) is 23.6 Å². The molecule has 1 heterocycles. The fourth-order valence-electron chi connectivity index (χ4n) is 1.82. The molecule has 0 aliphatic rings. The molecule has 0 unspecified atom stereocenters. The summed E-state index contributed by atoms with van der Waals surface area (Å²) in [7, 11) is 1.74. The largest absolute Gasteiger partial charge is 0.369 e. The SMILES string of the molecule is CNc1ncc(C)c(NCCc2cc(F)cc(F)c2)n1. The average Bonchev–Trinajstić information content (AvgIpc) is 2.40. The molecular formula is C14H16F2N4. The zero-order valence-electron chi connectivity index (χ0n) is 11.4. The summed E-state index contributed by atoms with van der Waals surface area (Å²) in [6.45, 7) is 2.42. The van der Waals surface area contributed by atoms with E-state index in [-0.39, 0.29) is 0 Å². The van der Waals surface area contributed by atoms with Crippen molar-refractivity contribution in [3.63, 3.8) is 0 Å². The first-order chi connectivity index (χ1) is 9.58. The monoisotopic (exact) mass is 278 g/mol. The lowest BCUT2D eigenvalue weighted by Crippen LogP contribution is -2.09. The molecule has 0 aliphatic heterocycles. The molecule has 2 aromatic rings. The Morgan fingerprint density at radius 2 is 1.85 bits per heavy atom. The Bertz CT molecular complexity index is 581. The third-order valence-electron chi connectivity index (χ3n) is 2.82. The Hall–Kier alpha value is -2.24. The number of aromatic nitrogens is 2. The van der Waals surface area contributed by atoms with Crippen molar-refractivity contribution in [2.75, 3.05) is 24.2 Å². The van der Waals surface area contributed by atoms with E-state index in [1.165, 1.54) is 12.1 Å². The van der Waals surface area contributed by atoms with Crippen LogP contribution in [0.1, 0.15) is 11.1 Å². The third-order valence-corrected chi connectivity index (χ3v) is 2.82. The lowest BCUT2D eigenvalue weighted by molar-refractivity contribution is 0.580. The Morgan fingerprint density at radius 3 is 2.50 bits per heavy atom.